The molecule has 0 aliphatic rings. The van der Waals surface area contributed by atoms with Crippen LogP contribution in [0, 0.1) is 0 Å². The molecule has 0 unspecified atom stereocenters. The number of hydrogen-bond acceptors (Lipinski definition) is 2. The molecule has 0 atom stereocenters. The van der Waals surface area contributed by atoms with E-state index in [2.05, 4.69) is 4.98 Å². The number of benzene rings is 1. The van der Waals surface area contributed by atoms with Crippen molar-refractivity contribution in [1.29, 1.82) is 0 Å². The molecule has 1 heterocycles. The molecule has 21 heavy (non-hydrogen) atoms. The van der Waals surface area contributed by atoms with Gasteiger partial charge in [0.1, 0.15) is 12.4 Å². The van der Waals surface area contributed by atoms with Crippen molar-refractivity contribution in [2.45, 2.75) is 39.3 Å². The smallest absolute Gasteiger partial charge is 0.369 e. The summed E-state index contributed by atoms with van der Waals surface area (Å²) in [4.78, 5) is 3.65. The molecular formula is C15H17F3N2O. The van der Waals surface area contributed by atoms with E-state index in [1.165, 1.54) is 4.57 Å². The van der Waals surface area contributed by atoms with Gasteiger partial charge in [-0.2, -0.15) is 13.2 Å². The number of imidazole rings is 1. The second-order valence-electron chi connectivity index (χ2n) is 5.02. The lowest BCUT2D eigenvalue weighted by Crippen LogP contribution is -2.07. The highest BCUT2D eigenvalue weighted by Crippen LogP contribution is 2.29. The third-order valence-electron chi connectivity index (χ3n) is 3.00. The molecule has 3 nitrogen and oxygen atoms in total. The summed E-state index contributed by atoms with van der Waals surface area (Å²) in [6.07, 6.45) is -3.40. The lowest BCUT2D eigenvalue weighted by molar-refractivity contribution is -0.141. The lowest BCUT2D eigenvalue weighted by Gasteiger charge is -2.11. The molecule has 114 valence electrons. The summed E-state index contributed by atoms with van der Waals surface area (Å²) < 4.78 is 45.1. The molecule has 0 bridgehead atoms. The highest BCUT2D eigenvalue weighted by Gasteiger charge is 2.35. The van der Waals surface area contributed by atoms with Crippen molar-refractivity contribution in [3.05, 3.63) is 53.6 Å². The summed E-state index contributed by atoms with van der Waals surface area (Å²) in [5.41, 5.74) is 0.0886. The van der Waals surface area contributed by atoms with Crippen LogP contribution in [-0.4, -0.2) is 9.55 Å². The summed E-state index contributed by atoms with van der Waals surface area (Å²) in [5.74, 6) is 0.285. The van der Waals surface area contributed by atoms with Crippen molar-refractivity contribution in [1.82, 2.24) is 9.55 Å². The maximum Gasteiger partial charge on any atom is 0.434 e. The number of nitrogens with zero attached hydrogens (tertiary/aromatic N) is 2. The summed E-state index contributed by atoms with van der Waals surface area (Å²) in [5, 5.41) is 0. The van der Waals surface area contributed by atoms with Crippen molar-refractivity contribution < 1.29 is 17.9 Å². The SMILES string of the molecule is CC(C)n1cc(C(F)(F)F)nc1COCc1ccccc1. The van der Waals surface area contributed by atoms with Gasteiger partial charge < -0.3 is 9.30 Å². The van der Waals surface area contributed by atoms with Crippen LogP contribution in [0.3, 0.4) is 0 Å². The molecule has 0 amide bonds. The van der Waals surface area contributed by atoms with Crippen molar-refractivity contribution in [3.8, 4) is 0 Å². The Kier molecular flexibility index (Phi) is 4.67. The fourth-order valence-corrected chi connectivity index (χ4v) is 1.96. The fourth-order valence-electron chi connectivity index (χ4n) is 1.96. The Labute approximate surface area is 121 Å². The molecule has 0 fully saturated rings. The van der Waals surface area contributed by atoms with Gasteiger partial charge in [-0.1, -0.05) is 30.3 Å². The van der Waals surface area contributed by atoms with Crippen molar-refractivity contribution in [2.24, 2.45) is 0 Å². The molecule has 1 aromatic heterocycles. The molecule has 1 aromatic carbocycles. The minimum Gasteiger partial charge on any atom is -0.369 e. The van der Waals surface area contributed by atoms with Crippen molar-refractivity contribution >= 4 is 0 Å². The number of hydrogen-bond donors (Lipinski definition) is 0. The summed E-state index contributed by atoms with van der Waals surface area (Å²) >= 11 is 0. The predicted molar refractivity (Wildman–Crippen MR) is 72.5 cm³/mol. The molecule has 0 radical (unpaired) electrons. The van der Waals surface area contributed by atoms with Gasteiger partial charge in [0, 0.05) is 12.2 Å². The number of halogens is 3. The second kappa shape index (κ2) is 6.30. The van der Waals surface area contributed by atoms with E-state index in [1.54, 1.807) is 0 Å². The van der Waals surface area contributed by atoms with E-state index >= 15 is 0 Å². The highest BCUT2D eigenvalue weighted by atomic mass is 19.4. The zero-order valence-corrected chi connectivity index (χ0v) is 11.9. The van der Waals surface area contributed by atoms with Gasteiger partial charge in [0.2, 0.25) is 0 Å². The average molecular weight is 298 g/mol. The van der Waals surface area contributed by atoms with E-state index in [1.807, 2.05) is 44.2 Å². The standard InChI is InChI=1S/C15H17F3N2O/c1-11(2)20-8-13(15(16,17)18)19-14(20)10-21-9-12-6-4-3-5-7-12/h3-8,11H,9-10H2,1-2H3. The Hall–Kier alpha value is -1.82. The zero-order valence-electron chi connectivity index (χ0n) is 11.9. The van der Waals surface area contributed by atoms with Crippen LogP contribution in [0.25, 0.3) is 0 Å². The van der Waals surface area contributed by atoms with Crippen molar-refractivity contribution in [3.63, 3.8) is 0 Å². The molecular weight excluding hydrogens is 281 g/mol. The Bertz CT molecular complexity index is 576. The van der Waals surface area contributed by atoms with Gasteiger partial charge in [-0.25, -0.2) is 4.98 Å². The Balaban J connectivity index is 2.06. The first kappa shape index (κ1) is 15.6. The Morgan fingerprint density at radius 1 is 1.14 bits per heavy atom. The monoisotopic (exact) mass is 298 g/mol. The molecule has 0 aliphatic heterocycles. The van der Waals surface area contributed by atoms with Crippen LogP contribution < -0.4 is 0 Å². The van der Waals surface area contributed by atoms with Gasteiger partial charge in [-0.15, -0.1) is 0 Å². The molecule has 0 N–H and O–H groups in total. The predicted octanol–water partition coefficient (Wildman–Crippen LogP) is 4.20. The highest BCUT2D eigenvalue weighted by molar-refractivity contribution is 5.13. The largest absolute Gasteiger partial charge is 0.434 e. The van der Waals surface area contributed by atoms with Crippen LogP contribution >= 0.6 is 0 Å². The van der Waals surface area contributed by atoms with Gasteiger partial charge in [0.05, 0.1) is 6.61 Å². The zero-order chi connectivity index (χ0) is 15.5. The molecule has 0 saturated carbocycles. The molecule has 0 aliphatic carbocycles. The summed E-state index contributed by atoms with van der Waals surface area (Å²) in [6.45, 7) is 4.00. The molecule has 2 rings (SSSR count). The van der Waals surface area contributed by atoms with Gasteiger partial charge in [0.25, 0.3) is 0 Å². The lowest BCUT2D eigenvalue weighted by atomic mass is 10.2. The van der Waals surface area contributed by atoms with Gasteiger partial charge >= 0.3 is 6.18 Å². The van der Waals surface area contributed by atoms with E-state index < -0.39 is 11.9 Å². The first-order valence-electron chi connectivity index (χ1n) is 6.64. The van der Waals surface area contributed by atoms with E-state index in [0.717, 1.165) is 11.8 Å². The molecule has 0 spiro atoms. The minimum atomic E-state index is -4.44. The Morgan fingerprint density at radius 2 is 1.81 bits per heavy atom. The number of rotatable bonds is 5. The normalized spacial score (nSPS) is 12.1. The van der Waals surface area contributed by atoms with E-state index in [4.69, 9.17) is 4.74 Å². The van der Waals surface area contributed by atoms with E-state index in [-0.39, 0.29) is 18.5 Å². The maximum atomic E-state index is 12.7. The second-order valence-corrected chi connectivity index (χ2v) is 5.02. The number of alkyl halides is 3. The van der Waals surface area contributed by atoms with Gasteiger partial charge in [0.15, 0.2) is 5.69 Å². The molecule has 0 saturated heterocycles. The van der Waals surface area contributed by atoms with Crippen LogP contribution in [0.4, 0.5) is 13.2 Å². The summed E-state index contributed by atoms with van der Waals surface area (Å²) in [6, 6.07) is 9.35. The average Bonchev–Trinajstić information content (AvgIpc) is 2.84. The van der Waals surface area contributed by atoms with Crippen LogP contribution in [0.1, 0.15) is 37.0 Å². The van der Waals surface area contributed by atoms with E-state index in [0.29, 0.717) is 6.61 Å². The minimum absolute atomic E-state index is 0.0448. The fraction of sp³-hybridized carbons (Fsp3) is 0.400. The molecule has 2 aromatic rings. The third-order valence-corrected chi connectivity index (χ3v) is 3.00. The van der Waals surface area contributed by atoms with Crippen LogP contribution in [0.5, 0.6) is 0 Å². The number of aromatic nitrogens is 2. The first-order valence-corrected chi connectivity index (χ1v) is 6.64. The van der Waals surface area contributed by atoms with Crippen LogP contribution in [0.2, 0.25) is 0 Å². The van der Waals surface area contributed by atoms with Gasteiger partial charge in [-0.3, -0.25) is 0 Å². The maximum absolute atomic E-state index is 12.7. The third kappa shape index (κ3) is 4.07. The van der Waals surface area contributed by atoms with Crippen LogP contribution in [-0.2, 0) is 24.1 Å². The molecule has 6 heteroatoms. The number of ether oxygens (including phenoxy) is 1. The van der Waals surface area contributed by atoms with Gasteiger partial charge in [-0.05, 0) is 19.4 Å². The van der Waals surface area contributed by atoms with Crippen molar-refractivity contribution in [2.75, 3.05) is 0 Å². The quantitative estimate of drug-likeness (QED) is 0.827. The summed E-state index contributed by atoms with van der Waals surface area (Å²) in [7, 11) is 0. The first-order chi connectivity index (χ1) is 9.88. The Morgan fingerprint density at radius 3 is 2.38 bits per heavy atom. The topological polar surface area (TPSA) is 27.1 Å². The van der Waals surface area contributed by atoms with E-state index in [9.17, 15) is 13.2 Å². The van der Waals surface area contributed by atoms with Crippen LogP contribution in [0.15, 0.2) is 36.5 Å².